The second-order valence-corrected chi connectivity index (χ2v) is 7.02. The zero-order valence-corrected chi connectivity index (χ0v) is 10.1. The molecule has 2 unspecified atom stereocenters. The molecule has 2 rings (SSSR count). The van der Waals surface area contributed by atoms with E-state index in [9.17, 15) is 0 Å². The molecule has 0 aromatic heterocycles. The Labute approximate surface area is 91.6 Å². The minimum Gasteiger partial charge on any atom is -0.330 e. The summed E-state index contributed by atoms with van der Waals surface area (Å²) >= 11 is 2.11. The van der Waals surface area contributed by atoms with Crippen LogP contribution in [0.4, 0.5) is 0 Å². The summed E-state index contributed by atoms with van der Waals surface area (Å²) in [5.41, 5.74) is 5.77. The fourth-order valence-corrected chi connectivity index (χ4v) is 3.78. The van der Waals surface area contributed by atoms with Crippen molar-refractivity contribution < 1.29 is 0 Å². The SMILES string of the molecule is CC1(C)CN(C2CCC2CN)CCS1. The van der Waals surface area contributed by atoms with E-state index in [0.717, 1.165) is 18.5 Å². The van der Waals surface area contributed by atoms with Crippen molar-refractivity contribution in [2.45, 2.75) is 37.5 Å². The van der Waals surface area contributed by atoms with Gasteiger partial charge in [0.05, 0.1) is 0 Å². The number of nitrogens with two attached hydrogens (primary N) is 1. The smallest absolute Gasteiger partial charge is 0.0231 e. The van der Waals surface area contributed by atoms with Crippen molar-refractivity contribution >= 4 is 11.8 Å². The van der Waals surface area contributed by atoms with Gasteiger partial charge in [-0.15, -0.1) is 0 Å². The Morgan fingerprint density at radius 1 is 1.43 bits per heavy atom. The molecule has 0 spiro atoms. The minimum atomic E-state index is 0.451. The van der Waals surface area contributed by atoms with Crippen molar-refractivity contribution in [1.29, 1.82) is 0 Å². The first-order chi connectivity index (χ1) is 6.62. The molecule has 0 bridgehead atoms. The van der Waals surface area contributed by atoms with Gasteiger partial charge in [-0.3, -0.25) is 4.90 Å². The van der Waals surface area contributed by atoms with Gasteiger partial charge in [-0.25, -0.2) is 0 Å². The fourth-order valence-electron chi connectivity index (χ4n) is 2.64. The molecule has 0 aromatic rings. The number of hydrogen-bond acceptors (Lipinski definition) is 3. The molecule has 14 heavy (non-hydrogen) atoms. The van der Waals surface area contributed by atoms with Crippen LogP contribution in [0.25, 0.3) is 0 Å². The maximum absolute atomic E-state index is 5.77. The average Bonchev–Trinajstić information content (AvgIpc) is 2.00. The highest BCUT2D eigenvalue weighted by Crippen LogP contribution is 2.37. The van der Waals surface area contributed by atoms with E-state index in [2.05, 4.69) is 30.5 Å². The van der Waals surface area contributed by atoms with Gasteiger partial charge in [0.25, 0.3) is 0 Å². The van der Waals surface area contributed by atoms with E-state index < -0.39 is 0 Å². The monoisotopic (exact) mass is 214 g/mol. The highest BCUT2D eigenvalue weighted by molar-refractivity contribution is 8.00. The molecule has 1 aliphatic heterocycles. The number of rotatable bonds is 2. The maximum Gasteiger partial charge on any atom is 0.0231 e. The molecule has 1 saturated carbocycles. The zero-order chi connectivity index (χ0) is 10.2. The minimum absolute atomic E-state index is 0.451. The van der Waals surface area contributed by atoms with Crippen molar-refractivity contribution in [2.75, 3.05) is 25.4 Å². The highest BCUT2D eigenvalue weighted by Gasteiger charge is 2.38. The Kier molecular flexibility index (Phi) is 3.10. The lowest BCUT2D eigenvalue weighted by Crippen LogP contribution is -2.55. The van der Waals surface area contributed by atoms with Crippen LogP contribution in [0.3, 0.4) is 0 Å². The predicted molar refractivity (Wildman–Crippen MR) is 63.7 cm³/mol. The third-order valence-electron chi connectivity index (χ3n) is 3.60. The first-order valence-electron chi connectivity index (χ1n) is 5.70. The Bertz CT molecular complexity index is 203. The number of thioether (sulfide) groups is 1. The number of nitrogens with zero attached hydrogens (tertiary/aromatic N) is 1. The first kappa shape index (κ1) is 10.8. The van der Waals surface area contributed by atoms with E-state index in [4.69, 9.17) is 5.73 Å². The molecule has 2 aliphatic rings. The summed E-state index contributed by atoms with van der Waals surface area (Å²) in [4.78, 5) is 2.68. The van der Waals surface area contributed by atoms with Crippen LogP contribution in [-0.4, -0.2) is 41.1 Å². The van der Waals surface area contributed by atoms with E-state index in [1.54, 1.807) is 0 Å². The molecular weight excluding hydrogens is 192 g/mol. The van der Waals surface area contributed by atoms with E-state index in [1.165, 1.54) is 31.7 Å². The molecule has 82 valence electrons. The lowest BCUT2D eigenvalue weighted by molar-refractivity contribution is 0.0629. The Balaban J connectivity index is 1.91. The van der Waals surface area contributed by atoms with Crippen LogP contribution in [-0.2, 0) is 0 Å². The van der Waals surface area contributed by atoms with Gasteiger partial charge in [0.2, 0.25) is 0 Å². The predicted octanol–water partition coefficient (Wildman–Crippen LogP) is 1.55. The van der Waals surface area contributed by atoms with Crippen LogP contribution in [0, 0.1) is 5.92 Å². The van der Waals surface area contributed by atoms with Crippen LogP contribution in [0.15, 0.2) is 0 Å². The van der Waals surface area contributed by atoms with Crippen LogP contribution in [0.2, 0.25) is 0 Å². The molecule has 1 saturated heterocycles. The van der Waals surface area contributed by atoms with Crippen molar-refractivity contribution in [2.24, 2.45) is 11.7 Å². The van der Waals surface area contributed by atoms with Crippen LogP contribution < -0.4 is 5.73 Å². The van der Waals surface area contributed by atoms with E-state index in [0.29, 0.717) is 4.75 Å². The average molecular weight is 214 g/mol. The van der Waals surface area contributed by atoms with E-state index in [1.807, 2.05) is 0 Å². The second kappa shape index (κ2) is 4.03. The number of hydrogen-bond donors (Lipinski definition) is 1. The molecule has 2 fully saturated rings. The molecule has 2 atom stereocenters. The molecule has 2 nitrogen and oxygen atoms in total. The van der Waals surface area contributed by atoms with Gasteiger partial charge in [0.1, 0.15) is 0 Å². The Morgan fingerprint density at radius 3 is 2.71 bits per heavy atom. The Hall–Kier alpha value is 0.270. The van der Waals surface area contributed by atoms with Crippen molar-refractivity contribution in [3.05, 3.63) is 0 Å². The first-order valence-corrected chi connectivity index (χ1v) is 6.69. The molecule has 0 amide bonds. The zero-order valence-electron chi connectivity index (χ0n) is 9.33. The lowest BCUT2D eigenvalue weighted by Gasteiger charge is -2.49. The van der Waals surface area contributed by atoms with Gasteiger partial charge < -0.3 is 5.73 Å². The quantitative estimate of drug-likeness (QED) is 0.756. The third kappa shape index (κ3) is 2.10. The molecule has 2 N–H and O–H groups in total. The fraction of sp³-hybridized carbons (Fsp3) is 1.00. The summed E-state index contributed by atoms with van der Waals surface area (Å²) in [5.74, 6) is 2.08. The van der Waals surface area contributed by atoms with Crippen molar-refractivity contribution in [3.8, 4) is 0 Å². The Morgan fingerprint density at radius 2 is 2.21 bits per heavy atom. The molecule has 0 radical (unpaired) electrons. The molecule has 1 aliphatic carbocycles. The van der Waals surface area contributed by atoms with Gasteiger partial charge in [-0.2, -0.15) is 11.8 Å². The second-order valence-electron chi connectivity index (χ2n) is 5.22. The molecular formula is C11H22N2S. The van der Waals surface area contributed by atoms with E-state index >= 15 is 0 Å². The summed E-state index contributed by atoms with van der Waals surface area (Å²) in [6.45, 7) is 8.13. The molecule has 3 heteroatoms. The molecule has 0 aromatic carbocycles. The standard InChI is InChI=1S/C11H22N2S/c1-11(2)8-13(5-6-14-11)10-4-3-9(10)7-12/h9-10H,3-8,12H2,1-2H3. The van der Waals surface area contributed by atoms with Gasteiger partial charge in [0, 0.05) is 29.6 Å². The molecule has 1 heterocycles. The summed E-state index contributed by atoms with van der Waals surface area (Å²) < 4.78 is 0.451. The maximum atomic E-state index is 5.77. The van der Waals surface area contributed by atoms with Gasteiger partial charge >= 0.3 is 0 Å². The summed E-state index contributed by atoms with van der Waals surface area (Å²) in [6.07, 6.45) is 2.73. The highest BCUT2D eigenvalue weighted by atomic mass is 32.2. The topological polar surface area (TPSA) is 29.3 Å². The van der Waals surface area contributed by atoms with Gasteiger partial charge in [0.15, 0.2) is 0 Å². The van der Waals surface area contributed by atoms with Crippen LogP contribution in [0.5, 0.6) is 0 Å². The third-order valence-corrected chi connectivity index (χ3v) is 4.90. The summed E-state index contributed by atoms with van der Waals surface area (Å²) in [7, 11) is 0. The van der Waals surface area contributed by atoms with Crippen molar-refractivity contribution in [1.82, 2.24) is 4.90 Å². The van der Waals surface area contributed by atoms with Gasteiger partial charge in [-0.05, 0) is 39.2 Å². The van der Waals surface area contributed by atoms with Crippen molar-refractivity contribution in [3.63, 3.8) is 0 Å². The largest absolute Gasteiger partial charge is 0.330 e. The van der Waals surface area contributed by atoms with Crippen LogP contribution >= 0.6 is 11.8 Å². The summed E-state index contributed by atoms with van der Waals surface area (Å²) in [6, 6.07) is 0.806. The lowest BCUT2D eigenvalue weighted by atomic mass is 9.78. The van der Waals surface area contributed by atoms with E-state index in [-0.39, 0.29) is 0 Å². The summed E-state index contributed by atoms with van der Waals surface area (Å²) in [5, 5.41) is 0. The van der Waals surface area contributed by atoms with Gasteiger partial charge in [-0.1, -0.05) is 0 Å². The van der Waals surface area contributed by atoms with Crippen LogP contribution in [0.1, 0.15) is 26.7 Å². The normalized spacial score (nSPS) is 37.9.